The predicted octanol–water partition coefficient (Wildman–Crippen LogP) is 3.38. The first-order chi connectivity index (χ1) is 13.2. The van der Waals surface area contributed by atoms with Crippen LogP contribution in [0.4, 0.5) is 5.69 Å². The van der Waals surface area contributed by atoms with E-state index in [0.717, 1.165) is 37.5 Å². The molecule has 3 aromatic rings. The Balaban J connectivity index is 1.37. The molecule has 0 atom stereocenters. The summed E-state index contributed by atoms with van der Waals surface area (Å²) in [5, 5.41) is 4.12. The molecule has 0 amide bonds. The van der Waals surface area contributed by atoms with Gasteiger partial charge in [0.1, 0.15) is 5.75 Å². The summed E-state index contributed by atoms with van der Waals surface area (Å²) in [6.07, 6.45) is 0. The summed E-state index contributed by atoms with van der Waals surface area (Å²) in [6, 6.07) is 16.3. The molecule has 0 unspecified atom stereocenters. The van der Waals surface area contributed by atoms with Crippen molar-refractivity contribution >= 4 is 5.69 Å². The Kier molecular flexibility index (Phi) is 5.07. The van der Waals surface area contributed by atoms with Gasteiger partial charge in [0, 0.05) is 37.4 Å². The number of aryl methyl sites for hydroxylation is 1. The van der Waals surface area contributed by atoms with Crippen molar-refractivity contribution in [3.8, 4) is 17.1 Å². The molecule has 0 saturated carbocycles. The van der Waals surface area contributed by atoms with Gasteiger partial charge in [-0.3, -0.25) is 4.90 Å². The van der Waals surface area contributed by atoms with Crippen LogP contribution < -0.4 is 9.64 Å². The van der Waals surface area contributed by atoms with E-state index in [1.54, 1.807) is 7.11 Å². The minimum atomic E-state index is 0.599. The minimum Gasteiger partial charge on any atom is -0.497 e. The monoisotopic (exact) mass is 364 g/mol. The third-order valence-corrected chi connectivity index (χ3v) is 4.98. The van der Waals surface area contributed by atoms with Crippen molar-refractivity contribution in [2.45, 2.75) is 13.5 Å². The number of ether oxygens (including phenoxy) is 1. The summed E-state index contributed by atoms with van der Waals surface area (Å²) in [6.45, 7) is 6.80. The van der Waals surface area contributed by atoms with Gasteiger partial charge in [0.2, 0.25) is 11.7 Å². The van der Waals surface area contributed by atoms with E-state index in [1.165, 1.54) is 11.3 Å². The van der Waals surface area contributed by atoms with Crippen molar-refractivity contribution in [3.05, 3.63) is 60.0 Å². The fourth-order valence-electron chi connectivity index (χ4n) is 3.45. The molecule has 27 heavy (non-hydrogen) atoms. The number of piperazine rings is 1. The first-order valence-electron chi connectivity index (χ1n) is 9.23. The molecule has 1 fully saturated rings. The highest BCUT2D eigenvalue weighted by Crippen LogP contribution is 2.23. The zero-order valence-corrected chi connectivity index (χ0v) is 15.8. The summed E-state index contributed by atoms with van der Waals surface area (Å²) in [4.78, 5) is 9.36. The number of benzene rings is 2. The molecular formula is C21H24N4O2. The quantitative estimate of drug-likeness (QED) is 0.692. The van der Waals surface area contributed by atoms with Gasteiger partial charge in [-0.1, -0.05) is 35.5 Å². The standard InChI is InChI=1S/C21H24N4O2/c1-16-6-3-4-9-19(16)25-12-10-24(11-13-25)15-20-22-21(23-27-20)17-7-5-8-18(14-17)26-2/h3-9,14H,10-13,15H2,1-2H3. The second-order valence-electron chi connectivity index (χ2n) is 6.79. The molecule has 2 aromatic carbocycles. The summed E-state index contributed by atoms with van der Waals surface area (Å²) in [5.41, 5.74) is 3.55. The van der Waals surface area contributed by atoms with Crippen LogP contribution >= 0.6 is 0 Å². The van der Waals surface area contributed by atoms with Gasteiger partial charge in [-0.2, -0.15) is 4.98 Å². The molecule has 1 aliphatic rings. The minimum absolute atomic E-state index is 0.599. The van der Waals surface area contributed by atoms with Gasteiger partial charge in [-0.25, -0.2) is 0 Å². The van der Waals surface area contributed by atoms with Crippen molar-refractivity contribution in [2.24, 2.45) is 0 Å². The van der Waals surface area contributed by atoms with Gasteiger partial charge in [0.15, 0.2) is 0 Å². The van der Waals surface area contributed by atoms with Crippen LogP contribution in [-0.2, 0) is 6.54 Å². The summed E-state index contributed by atoms with van der Waals surface area (Å²) in [7, 11) is 1.65. The Bertz CT molecular complexity index is 900. The summed E-state index contributed by atoms with van der Waals surface area (Å²) in [5.74, 6) is 2.03. The van der Waals surface area contributed by atoms with E-state index in [-0.39, 0.29) is 0 Å². The first kappa shape index (κ1) is 17.5. The van der Waals surface area contributed by atoms with Crippen LogP contribution in [0.2, 0.25) is 0 Å². The number of methoxy groups -OCH3 is 1. The van der Waals surface area contributed by atoms with Crippen LogP contribution in [0.5, 0.6) is 5.75 Å². The lowest BCUT2D eigenvalue weighted by molar-refractivity contribution is 0.215. The molecule has 2 heterocycles. The number of hydrogen-bond acceptors (Lipinski definition) is 6. The van der Waals surface area contributed by atoms with Gasteiger partial charge < -0.3 is 14.2 Å². The average Bonchev–Trinajstić information content (AvgIpc) is 3.18. The SMILES string of the molecule is COc1cccc(-c2noc(CN3CCN(c4ccccc4C)CC3)n2)c1. The van der Waals surface area contributed by atoms with Crippen molar-refractivity contribution in [1.82, 2.24) is 15.0 Å². The smallest absolute Gasteiger partial charge is 0.241 e. The fraction of sp³-hybridized carbons (Fsp3) is 0.333. The van der Waals surface area contributed by atoms with Crippen LogP contribution in [-0.4, -0.2) is 48.3 Å². The number of aromatic nitrogens is 2. The Morgan fingerprint density at radius 3 is 2.63 bits per heavy atom. The summed E-state index contributed by atoms with van der Waals surface area (Å²) >= 11 is 0. The van der Waals surface area contributed by atoms with Crippen molar-refractivity contribution in [2.75, 3.05) is 38.2 Å². The Morgan fingerprint density at radius 1 is 1.04 bits per heavy atom. The maximum absolute atomic E-state index is 5.47. The maximum atomic E-state index is 5.47. The van der Waals surface area contributed by atoms with E-state index in [2.05, 4.69) is 51.1 Å². The van der Waals surface area contributed by atoms with E-state index in [0.29, 0.717) is 18.3 Å². The molecular weight excluding hydrogens is 340 g/mol. The molecule has 0 radical (unpaired) electrons. The predicted molar refractivity (Wildman–Crippen MR) is 105 cm³/mol. The van der Waals surface area contributed by atoms with Crippen LogP contribution in [0.15, 0.2) is 53.1 Å². The number of nitrogens with zero attached hydrogens (tertiary/aromatic N) is 4. The van der Waals surface area contributed by atoms with Crippen LogP contribution in [0.25, 0.3) is 11.4 Å². The molecule has 140 valence electrons. The van der Waals surface area contributed by atoms with Gasteiger partial charge in [0.05, 0.1) is 13.7 Å². The lowest BCUT2D eigenvalue weighted by Gasteiger charge is -2.36. The Hall–Kier alpha value is -2.86. The Morgan fingerprint density at radius 2 is 1.85 bits per heavy atom. The molecule has 1 aliphatic heterocycles. The first-order valence-corrected chi connectivity index (χ1v) is 9.23. The average molecular weight is 364 g/mol. The largest absolute Gasteiger partial charge is 0.497 e. The van der Waals surface area contributed by atoms with Crippen LogP contribution in [0.1, 0.15) is 11.5 Å². The van der Waals surface area contributed by atoms with Crippen molar-refractivity contribution < 1.29 is 9.26 Å². The molecule has 6 heteroatoms. The molecule has 0 bridgehead atoms. The van der Waals surface area contributed by atoms with E-state index in [1.807, 2.05) is 24.3 Å². The zero-order valence-electron chi connectivity index (χ0n) is 15.8. The zero-order chi connectivity index (χ0) is 18.6. The van der Waals surface area contributed by atoms with E-state index in [9.17, 15) is 0 Å². The number of hydrogen-bond donors (Lipinski definition) is 0. The third-order valence-electron chi connectivity index (χ3n) is 4.98. The number of anilines is 1. The molecule has 4 rings (SSSR count). The number of rotatable bonds is 5. The van der Waals surface area contributed by atoms with Crippen LogP contribution in [0, 0.1) is 6.92 Å². The van der Waals surface area contributed by atoms with Crippen molar-refractivity contribution in [1.29, 1.82) is 0 Å². The molecule has 0 spiro atoms. The highest BCUT2D eigenvalue weighted by molar-refractivity contribution is 5.57. The normalized spacial score (nSPS) is 15.1. The second kappa shape index (κ2) is 7.80. The topological polar surface area (TPSA) is 54.6 Å². The van der Waals surface area contributed by atoms with Gasteiger partial charge in [-0.05, 0) is 30.7 Å². The van der Waals surface area contributed by atoms with Gasteiger partial charge >= 0.3 is 0 Å². The van der Waals surface area contributed by atoms with Crippen molar-refractivity contribution in [3.63, 3.8) is 0 Å². The maximum Gasteiger partial charge on any atom is 0.241 e. The summed E-state index contributed by atoms with van der Waals surface area (Å²) < 4.78 is 10.7. The fourth-order valence-corrected chi connectivity index (χ4v) is 3.45. The molecule has 1 saturated heterocycles. The molecule has 0 aliphatic carbocycles. The molecule has 1 aromatic heterocycles. The lowest BCUT2D eigenvalue weighted by Crippen LogP contribution is -2.46. The van der Waals surface area contributed by atoms with Crippen LogP contribution in [0.3, 0.4) is 0 Å². The molecule has 0 N–H and O–H groups in total. The van der Waals surface area contributed by atoms with Gasteiger partial charge in [0.25, 0.3) is 0 Å². The van der Waals surface area contributed by atoms with E-state index in [4.69, 9.17) is 9.26 Å². The van der Waals surface area contributed by atoms with E-state index < -0.39 is 0 Å². The highest BCUT2D eigenvalue weighted by atomic mass is 16.5. The molecule has 6 nitrogen and oxygen atoms in total. The van der Waals surface area contributed by atoms with E-state index >= 15 is 0 Å². The Labute approximate surface area is 159 Å². The third kappa shape index (κ3) is 3.95. The lowest BCUT2D eigenvalue weighted by atomic mass is 10.1. The highest BCUT2D eigenvalue weighted by Gasteiger charge is 2.20. The van der Waals surface area contributed by atoms with Gasteiger partial charge in [-0.15, -0.1) is 0 Å². The number of para-hydroxylation sites is 1. The second-order valence-corrected chi connectivity index (χ2v) is 6.79.